The van der Waals surface area contributed by atoms with Gasteiger partial charge in [-0.3, -0.25) is 4.90 Å². The van der Waals surface area contributed by atoms with Crippen LogP contribution in [0.4, 0.5) is 4.39 Å². The molecule has 2 rings (SSSR count). The normalized spacial score (nSPS) is 21.2. The Morgan fingerprint density at radius 2 is 2.22 bits per heavy atom. The van der Waals surface area contributed by atoms with Crippen LogP contribution in [0, 0.1) is 12.7 Å². The predicted octanol–water partition coefficient (Wildman–Crippen LogP) is 2.87. The molecule has 1 atom stereocenters. The summed E-state index contributed by atoms with van der Waals surface area (Å²) < 4.78 is 13.2. The number of aryl methyl sites for hydroxylation is 1. The molecule has 0 bridgehead atoms. The van der Waals surface area contributed by atoms with E-state index in [0.717, 1.165) is 19.5 Å². The Kier molecular flexibility index (Phi) is 4.72. The van der Waals surface area contributed by atoms with E-state index in [9.17, 15) is 4.39 Å². The number of aliphatic hydroxyl groups excluding tert-OH is 1. The quantitative estimate of drug-likeness (QED) is 0.889. The Morgan fingerprint density at radius 1 is 1.39 bits per heavy atom. The molecule has 1 unspecified atom stereocenters. The maximum absolute atomic E-state index is 13.2. The summed E-state index contributed by atoms with van der Waals surface area (Å²) >= 11 is 0. The van der Waals surface area contributed by atoms with Gasteiger partial charge in [0.25, 0.3) is 0 Å². The Bertz CT molecular complexity index is 392. The fourth-order valence-corrected chi connectivity index (χ4v) is 2.78. The lowest BCUT2D eigenvalue weighted by atomic mass is 9.98. The van der Waals surface area contributed by atoms with Crippen molar-refractivity contribution >= 4 is 0 Å². The Hall–Kier alpha value is -0.930. The number of rotatable bonds is 4. The van der Waals surface area contributed by atoms with Crippen LogP contribution in [0.5, 0.6) is 0 Å². The van der Waals surface area contributed by atoms with Crippen LogP contribution in [0.1, 0.15) is 36.8 Å². The number of aliphatic hydroxyl groups is 1. The van der Waals surface area contributed by atoms with Gasteiger partial charge < -0.3 is 5.11 Å². The van der Waals surface area contributed by atoms with Gasteiger partial charge in [0.05, 0.1) is 0 Å². The number of nitrogens with zero attached hydrogens (tertiary/aromatic N) is 1. The van der Waals surface area contributed by atoms with Gasteiger partial charge in [-0.15, -0.1) is 0 Å². The molecule has 0 aromatic heterocycles. The molecule has 1 aromatic carbocycles. The molecule has 0 amide bonds. The zero-order chi connectivity index (χ0) is 13.0. The first-order valence-electron chi connectivity index (χ1n) is 6.80. The van der Waals surface area contributed by atoms with Gasteiger partial charge >= 0.3 is 0 Å². The summed E-state index contributed by atoms with van der Waals surface area (Å²) in [6, 6.07) is 5.83. The SMILES string of the molecule is Cc1cc(CN2CCCCC2CCO)ccc1F. The van der Waals surface area contributed by atoms with Gasteiger partial charge in [-0.05, 0) is 49.9 Å². The van der Waals surface area contributed by atoms with E-state index >= 15 is 0 Å². The zero-order valence-corrected chi connectivity index (χ0v) is 11.0. The van der Waals surface area contributed by atoms with Crippen molar-refractivity contribution in [2.45, 2.75) is 45.2 Å². The highest BCUT2D eigenvalue weighted by molar-refractivity contribution is 5.23. The summed E-state index contributed by atoms with van der Waals surface area (Å²) in [5.41, 5.74) is 1.88. The molecule has 3 heteroatoms. The van der Waals surface area contributed by atoms with Crippen LogP contribution in [0.25, 0.3) is 0 Å². The number of benzene rings is 1. The van der Waals surface area contributed by atoms with E-state index in [4.69, 9.17) is 5.11 Å². The maximum atomic E-state index is 13.2. The molecule has 1 heterocycles. The molecule has 0 aliphatic carbocycles. The summed E-state index contributed by atoms with van der Waals surface area (Å²) in [5, 5.41) is 9.11. The summed E-state index contributed by atoms with van der Waals surface area (Å²) in [6.07, 6.45) is 4.49. The van der Waals surface area contributed by atoms with E-state index in [1.54, 1.807) is 13.0 Å². The van der Waals surface area contributed by atoms with Crippen molar-refractivity contribution in [2.24, 2.45) is 0 Å². The molecular formula is C15H22FNO. The smallest absolute Gasteiger partial charge is 0.126 e. The minimum Gasteiger partial charge on any atom is -0.396 e. The molecule has 1 aliphatic rings. The summed E-state index contributed by atoms with van der Waals surface area (Å²) in [7, 11) is 0. The zero-order valence-electron chi connectivity index (χ0n) is 11.0. The highest BCUT2D eigenvalue weighted by Gasteiger charge is 2.21. The van der Waals surface area contributed by atoms with Crippen molar-refractivity contribution in [2.75, 3.05) is 13.2 Å². The number of piperidine rings is 1. The fraction of sp³-hybridized carbons (Fsp3) is 0.600. The van der Waals surface area contributed by atoms with Gasteiger partial charge in [-0.2, -0.15) is 0 Å². The lowest BCUT2D eigenvalue weighted by molar-refractivity contribution is 0.112. The molecule has 2 nitrogen and oxygen atoms in total. The Morgan fingerprint density at radius 3 is 2.94 bits per heavy atom. The Balaban J connectivity index is 2.03. The fourth-order valence-electron chi connectivity index (χ4n) is 2.78. The predicted molar refractivity (Wildman–Crippen MR) is 70.9 cm³/mol. The average molecular weight is 251 g/mol. The molecular weight excluding hydrogens is 229 g/mol. The van der Waals surface area contributed by atoms with Crippen molar-refractivity contribution in [3.8, 4) is 0 Å². The van der Waals surface area contributed by atoms with E-state index in [-0.39, 0.29) is 12.4 Å². The first-order chi connectivity index (χ1) is 8.70. The van der Waals surface area contributed by atoms with Crippen LogP contribution in [0.3, 0.4) is 0 Å². The summed E-state index contributed by atoms with van der Waals surface area (Å²) in [6.45, 7) is 4.01. The van der Waals surface area contributed by atoms with Crippen LogP contribution >= 0.6 is 0 Å². The van der Waals surface area contributed by atoms with Crippen LogP contribution in [-0.2, 0) is 6.54 Å². The third kappa shape index (κ3) is 3.30. The number of hydrogen-bond donors (Lipinski definition) is 1. The van der Waals surface area contributed by atoms with Crippen molar-refractivity contribution in [1.29, 1.82) is 0 Å². The van der Waals surface area contributed by atoms with Gasteiger partial charge in [-0.1, -0.05) is 18.6 Å². The largest absolute Gasteiger partial charge is 0.396 e. The van der Waals surface area contributed by atoms with Crippen molar-refractivity contribution < 1.29 is 9.50 Å². The molecule has 1 aliphatic heterocycles. The van der Waals surface area contributed by atoms with Crippen molar-refractivity contribution in [1.82, 2.24) is 4.90 Å². The van der Waals surface area contributed by atoms with Crippen LogP contribution < -0.4 is 0 Å². The second kappa shape index (κ2) is 6.30. The van der Waals surface area contributed by atoms with Gasteiger partial charge in [0.2, 0.25) is 0 Å². The lowest BCUT2D eigenvalue weighted by Gasteiger charge is -2.35. The highest BCUT2D eigenvalue weighted by Crippen LogP contribution is 2.22. The number of halogens is 1. The molecule has 100 valence electrons. The summed E-state index contributed by atoms with van der Waals surface area (Å²) in [4.78, 5) is 2.42. The first kappa shape index (κ1) is 13.5. The molecule has 0 spiro atoms. The van der Waals surface area contributed by atoms with E-state index < -0.39 is 0 Å². The lowest BCUT2D eigenvalue weighted by Crippen LogP contribution is -2.39. The second-order valence-electron chi connectivity index (χ2n) is 5.22. The van der Waals surface area contributed by atoms with Crippen LogP contribution in [0.2, 0.25) is 0 Å². The Labute approximate surface area is 108 Å². The maximum Gasteiger partial charge on any atom is 0.126 e. The highest BCUT2D eigenvalue weighted by atomic mass is 19.1. The van der Waals surface area contributed by atoms with Gasteiger partial charge in [-0.25, -0.2) is 4.39 Å². The van der Waals surface area contributed by atoms with Gasteiger partial charge in [0, 0.05) is 19.2 Å². The molecule has 1 fully saturated rings. The summed E-state index contributed by atoms with van der Waals surface area (Å²) in [5.74, 6) is -0.135. The molecule has 1 saturated heterocycles. The molecule has 0 saturated carbocycles. The molecule has 0 radical (unpaired) electrons. The average Bonchev–Trinajstić information content (AvgIpc) is 2.37. The van der Waals surface area contributed by atoms with Gasteiger partial charge in [0.1, 0.15) is 5.82 Å². The molecule has 1 N–H and O–H groups in total. The topological polar surface area (TPSA) is 23.5 Å². The monoisotopic (exact) mass is 251 g/mol. The number of likely N-dealkylation sites (tertiary alicyclic amines) is 1. The van der Waals surface area contributed by atoms with Gasteiger partial charge in [0.15, 0.2) is 0 Å². The second-order valence-corrected chi connectivity index (χ2v) is 5.22. The molecule has 18 heavy (non-hydrogen) atoms. The van der Waals surface area contributed by atoms with Crippen LogP contribution in [-0.4, -0.2) is 29.2 Å². The third-order valence-corrected chi connectivity index (χ3v) is 3.82. The van der Waals surface area contributed by atoms with Crippen LogP contribution in [0.15, 0.2) is 18.2 Å². The minimum atomic E-state index is -0.135. The molecule has 1 aromatic rings. The van der Waals surface area contributed by atoms with E-state index in [1.807, 2.05) is 12.1 Å². The standard InChI is InChI=1S/C15H22FNO/c1-12-10-13(5-6-15(12)16)11-17-8-3-2-4-14(17)7-9-18/h5-6,10,14,18H,2-4,7-9,11H2,1H3. The van der Waals surface area contributed by atoms with E-state index in [0.29, 0.717) is 11.6 Å². The van der Waals surface area contributed by atoms with Crippen molar-refractivity contribution in [3.05, 3.63) is 35.1 Å². The van der Waals surface area contributed by atoms with E-state index in [2.05, 4.69) is 4.90 Å². The minimum absolute atomic E-state index is 0.135. The van der Waals surface area contributed by atoms with E-state index in [1.165, 1.54) is 24.8 Å². The first-order valence-corrected chi connectivity index (χ1v) is 6.80. The number of hydrogen-bond acceptors (Lipinski definition) is 2. The van der Waals surface area contributed by atoms with Crippen molar-refractivity contribution in [3.63, 3.8) is 0 Å². The third-order valence-electron chi connectivity index (χ3n) is 3.82.